The van der Waals surface area contributed by atoms with Gasteiger partial charge in [-0.2, -0.15) is 0 Å². The number of aromatic amines is 1. The van der Waals surface area contributed by atoms with E-state index in [-0.39, 0.29) is 22.9 Å². The molecule has 32 heavy (non-hydrogen) atoms. The van der Waals surface area contributed by atoms with Crippen molar-refractivity contribution in [2.75, 3.05) is 13.1 Å². The summed E-state index contributed by atoms with van der Waals surface area (Å²) in [5.41, 5.74) is 1.59. The zero-order chi connectivity index (χ0) is 22.1. The third-order valence-corrected chi connectivity index (χ3v) is 5.73. The number of carbonyl (C=O) groups is 1. The van der Waals surface area contributed by atoms with Crippen molar-refractivity contribution < 1.29 is 9.18 Å². The van der Waals surface area contributed by atoms with Crippen LogP contribution in [0.4, 0.5) is 4.39 Å². The molecular formula is C23H21FN6O2. The number of amides is 1. The number of piperidine rings is 1. The molecule has 3 heterocycles. The molecule has 0 radical (unpaired) electrons. The molecule has 4 aromatic rings. The number of nitrogens with one attached hydrogen (secondary N) is 1. The number of likely N-dealkylation sites (tertiary alicyclic amines) is 1. The van der Waals surface area contributed by atoms with Gasteiger partial charge in [-0.15, -0.1) is 5.10 Å². The van der Waals surface area contributed by atoms with Crippen LogP contribution < -0.4 is 5.56 Å². The summed E-state index contributed by atoms with van der Waals surface area (Å²) in [5.74, 6) is -0.303. The summed E-state index contributed by atoms with van der Waals surface area (Å²) in [6, 6.07) is 15.4. The van der Waals surface area contributed by atoms with Gasteiger partial charge in [0.25, 0.3) is 11.5 Å². The molecule has 1 aliphatic rings. The number of benzene rings is 2. The van der Waals surface area contributed by atoms with E-state index in [0.29, 0.717) is 36.7 Å². The molecule has 1 amide bonds. The summed E-state index contributed by atoms with van der Waals surface area (Å²) in [6.45, 7) is 1.41. The number of halogens is 1. The van der Waals surface area contributed by atoms with Crippen LogP contribution in [0.3, 0.4) is 0 Å². The molecule has 5 rings (SSSR count). The average molecular weight is 432 g/mol. The molecule has 0 bridgehead atoms. The molecule has 1 unspecified atom stereocenters. The Balaban J connectivity index is 1.43. The summed E-state index contributed by atoms with van der Waals surface area (Å²) in [7, 11) is 0. The van der Waals surface area contributed by atoms with Crippen LogP contribution in [0.5, 0.6) is 0 Å². The van der Waals surface area contributed by atoms with Gasteiger partial charge in [-0.3, -0.25) is 9.59 Å². The van der Waals surface area contributed by atoms with Gasteiger partial charge in [0.2, 0.25) is 0 Å². The second kappa shape index (κ2) is 8.33. The van der Waals surface area contributed by atoms with E-state index in [1.165, 1.54) is 18.2 Å². The van der Waals surface area contributed by atoms with Gasteiger partial charge in [0, 0.05) is 24.6 Å². The van der Waals surface area contributed by atoms with Gasteiger partial charge in [-0.1, -0.05) is 41.6 Å². The number of H-pyrrole nitrogens is 1. The standard InChI is InChI=1S/C23H21FN6O2/c24-18-10-4-8-16(12-18)23(32)29-11-5-9-17(14-29)20-25-21-19(22(31)26-20)27-28-30(21)13-15-6-2-1-3-7-15/h1-4,6-8,10,12,17H,5,9,11,13-14H2,(H,25,26,31). The van der Waals surface area contributed by atoms with Crippen molar-refractivity contribution in [3.05, 3.63) is 87.7 Å². The van der Waals surface area contributed by atoms with Crippen LogP contribution in [0, 0.1) is 5.82 Å². The minimum absolute atomic E-state index is 0.140. The summed E-state index contributed by atoms with van der Waals surface area (Å²) < 4.78 is 15.2. The van der Waals surface area contributed by atoms with Gasteiger partial charge in [0.15, 0.2) is 11.2 Å². The lowest BCUT2D eigenvalue weighted by Crippen LogP contribution is -2.40. The zero-order valence-corrected chi connectivity index (χ0v) is 17.2. The van der Waals surface area contributed by atoms with Crippen molar-refractivity contribution in [1.29, 1.82) is 0 Å². The maximum absolute atomic E-state index is 13.6. The molecule has 1 saturated heterocycles. The Hall–Kier alpha value is -3.88. The second-order valence-corrected chi connectivity index (χ2v) is 7.96. The van der Waals surface area contributed by atoms with Crippen molar-refractivity contribution in [2.24, 2.45) is 0 Å². The quantitative estimate of drug-likeness (QED) is 0.535. The highest BCUT2D eigenvalue weighted by molar-refractivity contribution is 5.94. The van der Waals surface area contributed by atoms with E-state index in [9.17, 15) is 14.0 Å². The molecule has 0 saturated carbocycles. The maximum Gasteiger partial charge on any atom is 0.281 e. The van der Waals surface area contributed by atoms with Gasteiger partial charge < -0.3 is 9.88 Å². The SMILES string of the molecule is O=C(c1cccc(F)c1)N1CCCC(c2nc3c(nnn3Cc3ccccc3)c(=O)[nH]2)C1. The molecule has 162 valence electrons. The number of hydrogen-bond donors (Lipinski definition) is 1. The normalized spacial score (nSPS) is 16.4. The highest BCUT2D eigenvalue weighted by atomic mass is 19.1. The Labute approximate surface area is 182 Å². The lowest BCUT2D eigenvalue weighted by Gasteiger charge is -2.32. The molecule has 1 atom stereocenters. The van der Waals surface area contributed by atoms with Gasteiger partial charge in [0.1, 0.15) is 11.6 Å². The van der Waals surface area contributed by atoms with Gasteiger partial charge in [0.05, 0.1) is 6.54 Å². The number of aromatic nitrogens is 5. The molecule has 0 aliphatic carbocycles. The van der Waals surface area contributed by atoms with Crippen molar-refractivity contribution in [3.8, 4) is 0 Å². The van der Waals surface area contributed by atoms with Crippen LogP contribution in [0.1, 0.15) is 40.5 Å². The first-order valence-corrected chi connectivity index (χ1v) is 10.5. The smallest absolute Gasteiger partial charge is 0.281 e. The van der Waals surface area contributed by atoms with E-state index in [1.807, 2.05) is 30.3 Å². The summed E-state index contributed by atoms with van der Waals surface area (Å²) in [5, 5.41) is 8.11. The Morgan fingerprint density at radius 2 is 2.00 bits per heavy atom. The minimum atomic E-state index is -0.444. The molecule has 1 N–H and O–H groups in total. The van der Waals surface area contributed by atoms with Crippen LogP contribution in [0.15, 0.2) is 59.4 Å². The van der Waals surface area contributed by atoms with Gasteiger partial charge >= 0.3 is 0 Å². The first kappa shape index (κ1) is 20.0. The van der Waals surface area contributed by atoms with E-state index in [0.717, 1.165) is 18.4 Å². The summed E-state index contributed by atoms with van der Waals surface area (Å²) in [6.07, 6.45) is 1.54. The molecule has 0 spiro atoms. The number of nitrogens with zero attached hydrogens (tertiary/aromatic N) is 5. The maximum atomic E-state index is 13.6. The predicted molar refractivity (Wildman–Crippen MR) is 116 cm³/mol. The third-order valence-electron chi connectivity index (χ3n) is 5.73. The first-order valence-electron chi connectivity index (χ1n) is 10.5. The minimum Gasteiger partial charge on any atom is -0.338 e. The van der Waals surface area contributed by atoms with Crippen molar-refractivity contribution in [3.63, 3.8) is 0 Å². The molecule has 9 heteroatoms. The highest BCUT2D eigenvalue weighted by Gasteiger charge is 2.28. The number of rotatable bonds is 4. The predicted octanol–water partition coefficient (Wildman–Crippen LogP) is 2.72. The molecular weight excluding hydrogens is 411 g/mol. The Morgan fingerprint density at radius 1 is 1.16 bits per heavy atom. The molecule has 1 fully saturated rings. The highest BCUT2D eigenvalue weighted by Crippen LogP contribution is 2.26. The van der Waals surface area contributed by atoms with Crippen molar-refractivity contribution >= 4 is 17.1 Å². The second-order valence-electron chi connectivity index (χ2n) is 7.96. The Morgan fingerprint density at radius 3 is 2.81 bits per heavy atom. The van der Waals surface area contributed by atoms with Crippen molar-refractivity contribution in [2.45, 2.75) is 25.3 Å². The number of fused-ring (bicyclic) bond motifs is 1. The summed E-state index contributed by atoms with van der Waals surface area (Å²) >= 11 is 0. The van der Waals surface area contributed by atoms with Crippen LogP contribution in [-0.2, 0) is 6.54 Å². The van der Waals surface area contributed by atoms with E-state index in [1.54, 1.807) is 15.6 Å². The van der Waals surface area contributed by atoms with Gasteiger partial charge in [-0.05, 0) is 36.6 Å². The van der Waals surface area contributed by atoms with Crippen LogP contribution in [0.25, 0.3) is 11.2 Å². The fraction of sp³-hybridized carbons (Fsp3) is 0.261. The van der Waals surface area contributed by atoms with Crippen LogP contribution in [0.2, 0.25) is 0 Å². The van der Waals surface area contributed by atoms with E-state index < -0.39 is 5.82 Å². The van der Waals surface area contributed by atoms with E-state index in [2.05, 4.69) is 20.3 Å². The Bertz CT molecular complexity index is 1330. The molecule has 2 aromatic carbocycles. The van der Waals surface area contributed by atoms with Crippen LogP contribution in [-0.4, -0.2) is 48.9 Å². The van der Waals surface area contributed by atoms with Gasteiger partial charge in [-0.25, -0.2) is 14.1 Å². The first-order chi connectivity index (χ1) is 15.6. The number of carbonyl (C=O) groups excluding carboxylic acids is 1. The van der Waals surface area contributed by atoms with Crippen LogP contribution >= 0.6 is 0 Å². The lowest BCUT2D eigenvalue weighted by atomic mass is 9.96. The Kier molecular flexibility index (Phi) is 5.22. The zero-order valence-electron chi connectivity index (χ0n) is 17.2. The largest absolute Gasteiger partial charge is 0.338 e. The topological polar surface area (TPSA) is 96.8 Å². The van der Waals surface area contributed by atoms with E-state index >= 15 is 0 Å². The van der Waals surface area contributed by atoms with E-state index in [4.69, 9.17) is 0 Å². The summed E-state index contributed by atoms with van der Waals surface area (Å²) in [4.78, 5) is 34.7. The fourth-order valence-corrected chi connectivity index (χ4v) is 4.13. The molecule has 2 aromatic heterocycles. The van der Waals surface area contributed by atoms with Crippen molar-refractivity contribution in [1.82, 2.24) is 29.9 Å². The average Bonchev–Trinajstić information content (AvgIpc) is 3.22. The number of hydrogen-bond acceptors (Lipinski definition) is 5. The fourth-order valence-electron chi connectivity index (χ4n) is 4.13. The molecule has 8 nitrogen and oxygen atoms in total. The lowest BCUT2D eigenvalue weighted by molar-refractivity contribution is 0.0704. The third kappa shape index (κ3) is 3.89. The monoisotopic (exact) mass is 432 g/mol. The molecule has 1 aliphatic heterocycles.